The van der Waals surface area contributed by atoms with Gasteiger partial charge in [-0.1, -0.05) is 18.2 Å². The Kier molecular flexibility index (Phi) is 6.82. The highest BCUT2D eigenvalue weighted by molar-refractivity contribution is 5.82. The molecule has 0 spiro atoms. The lowest BCUT2D eigenvalue weighted by Crippen LogP contribution is -2.47. The van der Waals surface area contributed by atoms with E-state index >= 15 is 0 Å². The first-order valence-corrected chi connectivity index (χ1v) is 9.23. The van der Waals surface area contributed by atoms with Gasteiger partial charge in [-0.3, -0.25) is 9.69 Å². The van der Waals surface area contributed by atoms with Gasteiger partial charge in [-0.2, -0.15) is 5.10 Å². The van der Waals surface area contributed by atoms with Crippen LogP contribution in [0.15, 0.2) is 59.7 Å². The first-order valence-electron chi connectivity index (χ1n) is 9.23. The number of hydrogen-bond acceptors (Lipinski definition) is 5. The largest absolute Gasteiger partial charge is 0.497 e. The summed E-state index contributed by atoms with van der Waals surface area (Å²) in [5.74, 6) is 0.730. The molecule has 6 heteroatoms. The number of nitrogens with zero attached hydrogens (tertiary/aromatic N) is 3. The Morgan fingerprint density at radius 1 is 1.07 bits per heavy atom. The second-order valence-corrected chi connectivity index (χ2v) is 6.48. The van der Waals surface area contributed by atoms with Gasteiger partial charge in [0.2, 0.25) is 5.91 Å². The third-order valence-corrected chi connectivity index (χ3v) is 4.67. The summed E-state index contributed by atoms with van der Waals surface area (Å²) in [4.78, 5) is 16.7. The minimum absolute atomic E-state index is 0.0646. The van der Waals surface area contributed by atoms with Crippen LogP contribution in [0.25, 0.3) is 0 Å². The molecule has 1 amide bonds. The highest BCUT2D eigenvalue weighted by Crippen LogP contribution is 2.15. The van der Waals surface area contributed by atoms with E-state index in [1.165, 1.54) is 5.69 Å². The number of hydrazone groups is 1. The zero-order valence-corrected chi connectivity index (χ0v) is 15.7. The van der Waals surface area contributed by atoms with E-state index in [1.807, 2.05) is 30.3 Å². The number of carbonyl (C=O) groups excluding carboxylic acids is 1. The zero-order chi connectivity index (χ0) is 18.9. The van der Waals surface area contributed by atoms with E-state index in [0.717, 1.165) is 44.0 Å². The van der Waals surface area contributed by atoms with Crippen molar-refractivity contribution in [2.45, 2.75) is 6.42 Å². The SMILES string of the molecule is COc1ccc(/C=N\NC(=O)CCN2CCN(c3ccccc3)CC2)cc1. The first-order chi connectivity index (χ1) is 13.2. The summed E-state index contributed by atoms with van der Waals surface area (Å²) < 4.78 is 5.11. The van der Waals surface area contributed by atoms with Crippen LogP contribution in [-0.4, -0.2) is 56.9 Å². The van der Waals surface area contributed by atoms with E-state index in [1.54, 1.807) is 13.3 Å². The lowest BCUT2D eigenvalue weighted by molar-refractivity contribution is -0.121. The lowest BCUT2D eigenvalue weighted by atomic mass is 10.2. The van der Waals surface area contributed by atoms with E-state index in [2.05, 4.69) is 44.6 Å². The molecule has 0 aromatic heterocycles. The molecule has 3 rings (SSSR count). The molecule has 0 aliphatic carbocycles. The van der Waals surface area contributed by atoms with Crippen LogP contribution >= 0.6 is 0 Å². The van der Waals surface area contributed by atoms with E-state index in [9.17, 15) is 4.79 Å². The Hall–Kier alpha value is -2.86. The maximum absolute atomic E-state index is 12.0. The zero-order valence-electron chi connectivity index (χ0n) is 15.7. The number of para-hydroxylation sites is 1. The van der Waals surface area contributed by atoms with Crippen LogP contribution in [0.1, 0.15) is 12.0 Å². The van der Waals surface area contributed by atoms with Crippen LogP contribution in [-0.2, 0) is 4.79 Å². The van der Waals surface area contributed by atoms with Gasteiger partial charge < -0.3 is 9.64 Å². The quantitative estimate of drug-likeness (QED) is 0.604. The summed E-state index contributed by atoms with van der Waals surface area (Å²) in [6.07, 6.45) is 2.08. The van der Waals surface area contributed by atoms with Crippen LogP contribution in [0.2, 0.25) is 0 Å². The Bertz CT molecular complexity index is 739. The number of ether oxygens (including phenoxy) is 1. The minimum Gasteiger partial charge on any atom is -0.497 e. The highest BCUT2D eigenvalue weighted by Gasteiger charge is 2.17. The lowest BCUT2D eigenvalue weighted by Gasteiger charge is -2.36. The average molecular weight is 366 g/mol. The summed E-state index contributed by atoms with van der Waals surface area (Å²) in [5, 5.41) is 4.02. The molecule has 0 saturated carbocycles. The summed E-state index contributed by atoms with van der Waals surface area (Å²) >= 11 is 0. The van der Waals surface area contributed by atoms with Gasteiger partial charge in [-0.25, -0.2) is 5.43 Å². The van der Waals surface area contributed by atoms with Crippen LogP contribution in [0, 0.1) is 0 Å². The molecule has 0 radical (unpaired) electrons. The summed E-state index contributed by atoms with van der Waals surface area (Å²) in [5.41, 5.74) is 4.77. The molecular weight excluding hydrogens is 340 g/mol. The predicted molar refractivity (Wildman–Crippen MR) is 108 cm³/mol. The Morgan fingerprint density at radius 2 is 1.78 bits per heavy atom. The van der Waals surface area contributed by atoms with Crippen LogP contribution in [0.5, 0.6) is 5.75 Å². The van der Waals surface area contributed by atoms with Gasteiger partial charge in [0.1, 0.15) is 5.75 Å². The Balaban J connectivity index is 1.35. The molecule has 2 aromatic rings. The van der Waals surface area contributed by atoms with E-state index in [4.69, 9.17) is 4.74 Å². The van der Waals surface area contributed by atoms with Crippen LogP contribution in [0.4, 0.5) is 5.69 Å². The monoisotopic (exact) mass is 366 g/mol. The summed E-state index contributed by atoms with van der Waals surface area (Å²) in [7, 11) is 1.63. The normalized spacial score (nSPS) is 15.1. The standard InChI is InChI=1S/C21H26N4O2/c1-27-20-9-7-18(8-10-20)17-22-23-21(26)11-12-24-13-15-25(16-14-24)19-5-3-2-4-6-19/h2-10,17H,11-16H2,1H3,(H,23,26)/b22-17-. The number of methoxy groups -OCH3 is 1. The number of piperazine rings is 1. The number of carbonyl (C=O) groups is 1. The fourth-order valence-electron chi connectivity index (χ4n) is 3.05. The van der Waals surface area contributed by atoms with Crippen molar-refractivity contribution in [1.29, 1.82) is 0 Å². The topological polar surface area (TPSA) is 57.2 Å². The number of benzene rings is 2. The second-order valence-electron chi connectivity index (χ2n) is 6.48. The van der Waals surface area contributed by atoms with E-state index in [-0.39, 0.29) is 5.91 Å². The van der Waals surface area contributed by atoms with Crippen molar-refractivity contribution < 1.29 is 9.53 Å². The smallest absolute Gasteiger partial charge is 0.241 e. The van der Waals surface area contributed by atoms with Gasteiger partial charge in [-0.15, -0.1) is 0 Å². The fourth-order valence-corrected chi connectivity index (χ4v) is 3.05. The molecule has 2 aromatic carbocycles. The van der Waals surface area contributed by atoms with Crippen molar-refractivity contribution in [1.82, 2.24) is 10.3 Å². The van der Waals surface area contributed by atoms with Gasteiger partial charge in [0.25, 0.3) is 0 Å². The van der Waals surface area contributed by atoms with Gasteiger partial charge in [-0.05, 0) is 42.0 Å². The van der Waals surface area contributed by atoms with Crippen molar-refractivity contribution >= 4 is 17.8 Å². The number of anilines is 1. The maximum atomic E-state index is 12.0. The Morgan fingerprint density at radius 3 is 2.44 bits per heavy atom. The van der Waals surface area contributed by atoms with Crippen LogP contribution < -0.4 is 15.1 Å². The third kappa shape index (κ3) is 5.82. The highest BCUT2D eigenvalue weighted by atomic mass is 16.5. The minimum atomic E-state index is -0.0646. The van der Waals surface area contributed by atoms with E-state index < -0.39 is 0 Å². The molecule has 1 aliphatic heterocycles. The number of hydrogen-bond donors (Lipinski definition) is 1. The molecule has 1 N–H and O–H groups in total. The van der Waals surface area contributed by atoms with Crippen molar-refractivity contribution in [3.63, 3.8) is 0 Å². The molecular formula is C21H26N4O2. The van der Waals surface area contributed by atoms with Crippen molar-refractivity contribution in [3.8, 4) is 5.75 Å². The number of nitrogens with one attached hydrogen (secondary N) is 1. The molecule has 0 bridgehead atoms. The van der Waals surface area contributed by atoms with E-state index in [0.29, 0.717) is 6.42 Å². The van der Waals surface area contributed by atoms with Crippen molar-refractivity contribution in [2.75, 3.05) is 44.7 Å². The summed E-state index contributed by atoms with van der Waals surface area (Å²) in [6, 6.07) is 18.0. The molecule has 0 unspecified atom stereocenters. The third-order valence-electron chi connectivity index (χ3n) is 4.67. The first kappa shape index (κ1) is 18.9. The van der Waals surface area contributed by atoms with Gasteiger partial charge in [0.15, 0.2) is 0 Å². The Labute approximate surface area is 160 Å². The molecule has 1 fully saturated rings. The molecule has 0 atom stereocenters. The maximum Gasteiger partial charge on any atom is 0.241 e. The summed E-state index contributed by atoms with van der Waals surface area (Å²) in [6.45, 7) is 4.67. The van der Waals surface area contributed by atoms with Gasteiger partial charge in [0, 0.05) is 44.8 Å². The molecule has 1 heterocycles. The van der Waals surface area contributed by atoms with Crippen molar-refractivity contribution in [2.24, 2.45) is 5.10 Å². The molecule has 6 nitrogen and oxygen atoms in total. The number of amides is 1. The fraction of sp³-hybridized carbons (Fsp3) is 0.333. The van der Waals surface area contributed by atoms with Gasteiger partial charge in [0.05, 0.1) is 13.3 Å². The molecule has 27 heavy (non-hydrogen) atoms. The molecule has 142 valence electrons. The molecule has 1 aliphatic rings. The predicted octanol–water partition coefficient (Wildman–Crippen LogP) is 2.36. The van der Waals surface area contributed by atoms with Crippen molar-refractivity contribution in [3.05, 3.63) is 60.2 Å². The molecule has 1 saturated heterocycles. The number of rotatable bonds is 7. The van der Waals surface area contributed by atoms with Crippen LogP contribution in [0.3, 0.4) is 0 Å². The average Bonchev–Trinajstić information content (AvgIpc) is 2.74. The second kappa shape index (κ2) is 9.73. The van der Waals surface area contributed by atoms with Gasteiger partial charge >= 0.3 is 0 Å².